The van der Waals surface area contributed by atoms with Crippen LogP contribution in [-0.4, -0.2) is 26.8 Å². The van der Waals surface area contributed by atoms with Crippen LogP contribution in [0.5, 0.6) is 0 Å². The van der Waals surface area contributed by atoms with Crippen molar-refractivity contribution in [1.82, 2.24) is 4.72 Å². The highest BCUT2D eigenvalue weighted by molar-refractivity contribution is 7.89. The second-order valence-electron chi connectivity index (χ2n) is 7.29. The molecule has 7 nitrogen and oxygen atoms in total. The Morgan fingerprint density at radius 2 is 1.59 bits per heavy atom. The van der Waals surface area contributed by atoms with Crippen LogP contribution in [0.1, 0.15) is 31.1 Å². The minimum Gasteiger partial charge on any atom is -0.326 e. The molecule has 152 valence electrons. The Bertz CT molecular complexity index is 1050. The minimum absolute atomic E-state index is 0.0104. The van der Waals surface area contributed by atoms with Gasteiger partial charge in [0.25, 0.3) is 5.91 Å². The molecule has 2 aromatic carbocycles. The van der Waals surface area contributed by atoms with E-state index in [0.29, 0.717) is 11.4 Å². The van der Waals surface area contributed by atoms with Crippen LogP contribution in [-0.2, 0) is 14.8 Å². The van der Waals surface area contributed by atoms with Gasteiger partial charge < -0.3 is 10.6 Å². The summed E-state index contributed by atoms with van der Waals surface area (Å²) in [6, 6.07) is 12.2. The third kappa shape index (κ3) is 6.17. The van der Waals surface area contributed by atoms with E-state index < -0.39 is 21.3 Å². The Hall–Kier alpha value is -3.15. The smallest absolute Gasteiger partial charge is 0.255 e. The molecule has 0 heterocycles. The molecule has 0 aliphatic carbocycles. The molecule has 29 heavy (non-hydrogen) atoms. The van der Waals surface area contributed by atoms with Crippen molar-refractivity contribution in [3.8, 4) is 12.3 Å². The van der Waals surface area contributed by atoms with Crippen LogP contribution in [0.15, 0.2) is 53.4 Å². The standard InChI is InChI=1S/C21H23N3O4S/c1-5-13-22-29(27,28)18-11-9-15(10-12-18)19(25)23-16-7-6-8-17(14-16)24-20(26)21(2,3)4/h1,6-12,14,22H,13H2,2-4H3,(H,23,25)(H,24,26). The molecular weight excluding hydrogens is 390 g/mol. The highest BCUT2D eigenvalue weighted by Crippen LogP contribution is 2.20. The van der Waals surface area contributed by atoms with Crippen molar-refractivity contribution in [3.05, 3.63) is 54.1 Å². The van der Waals surface area contributed by atoms with E-state index in [1.54, 1.807) is 45.0 Å². The average molecular weight is 413 g/mol. The van der Waals surface area contributed by atoms with Crippen molar-refractivity contribution in [2.24, 2.45) is 5.41 Å². The van der Waals surface area contributed by atoms with Crippen LogP contribution in [0, 0.1) is 17.8 Å². The van der Waals surface area contributed by atoms with E-state index in [-0.39, 0.29) is 22.9 Å². The number of sulfonamides is 1. The first-order chi connectivity index (χ1) is 13.5. The molecule has 2 amide bonds. The zero-order chi connectivity index (χ0) is 21.7. The molecule has 0 atom stereocenters. The molecule has 2 aromatic rings. The average Bonchev–Trinajstić information content (AvgIpc) is 2.66. The first-order valence-corrected chi connectivity index (χ1v) is 10.3. The fourth-order valence-corrected chi connectivity index (χ4v) is 3.14. The molecule has 0 aliphatic heterocycles. The second-order valence-corrected chi connectivity index (χ2v) is 9.06. The van der Waals surface area contributed by atoms with E-state index in [9.17, 15) is 18.0 Å². The van der Waals surface area contributed by atoms with Crippen LogP contribution in [0.4, 0.5) is 11.4 Å². The summed E-state index contributed by atoms with van der Waals surface area (Å²) in [4.78, 5) is 24.6. The Labute approximate surface area is 171 Å². The van der Waals surface area contributed by atoms with Crippen LogP contribution in [0.3, 0.4) is 0 Å². The number of hydrogen-bond acceptors (Lipinski definition) is 4. The summed E-state index contributed by atoms with van der Waals surface area (Å²) in [7, 11) is -3.72. The van der Waals surface area contributed by atoms with Gasteiger partial charge in [-0.15, -0.1) is 6.42 Å². The lowest BCUT2D eigenvalue weighted by Crippen LogP contribution is -2.27. The third-order valence-electron chi connectivity index (χ3n) is 3.85. The van der Waals surface area contributed by atoms with Gasteiger partial charge in [-0.05, 0) is 42.5 Å². The fourth-order valence-electron chi connectivity index (χ4n) is 2.20. The fraction of sp³-hybridized carbons (Fsp3) is 0.238. The summed E-state index contributed by atoms with van der Waals surface area (Å²) in [6.45, 7) is 5.30. The first-order valence-electron chi connectivity index (χ1n) is 8.79. The third-order valence-corrected chi connectivity index (χ3v) is 5.27. The molecule has 0 spiro atoms. The highest BCUT2D eigenvalue weighted by atomic mass is 32.2. The van der Waals surface area contributed by atoms with Crippen molar-refractivity contribution in [2.75, 3.05) is 17.2 Å². The van der Waals surface area contributed by atoms with E-state index in [1.165, 1.54) is 24.3 Å². The van der Waals surface area contributed by atoms with Gasteiger partial charge in [0.2, 0.25) is 15.9 Å². The number of rotatable bonds is 6. The van der Waals surface area contributed by atoms with Gasteiger partial charge in [0.15, 0.2) is 0 Å². The quantitative estimate of drug-likeness (QED) is 0.634. The van der Waals surface area contributed by atoms with Crippen molar-refractivity contribution in [2.45, 2.75) is 25.7 Å². The summed E-state index contributed by atoms with van der Waals surface area (Å²) < 4.78 is 26.3. The van der Waals surface area contributed by atoms with E-state index in [2.05, 4.69) is 21.3 Å². The Kier molecular flexibility index (Phi) is 6.80. The number of carbonyl (C=O) groups is 2. The summed E-state index contributed by atoms with van der Waals surface area (Å²) >= 11 is 0. The molecule has 0 aliphatic rings. The van der Waals surface area contributed by atoms with Crippen LogP contribution in [0.2, 0.25) is 0 Å². The van der Waals surface area contributed by atoms with Crippen molar-refractivity contribution in [3.63, 3.8) is 0 Å². The Balaban J connectivity index is 2.10. The molecule has 8 heteroatoms. The highest BCUT2D eigenvalue weighted by Gasteiger charge is 2.21. The monoisotopic (exact) mass is 413 g/mol. The number of terminal acetylenes is 1. The lowest BCUT2D eigenvalue weighted by Gasteiger charge is -2.18. The maximum Gasteiger partial charge on any atom is 0.255 e. The maximum atomic E-state index is 12.4. The molecule has 0 radical (unpaired) electrons. The van der Waals surface area contributed by atoms with Gasteiger partial charge in [0, 0.05) is 22.4 Å². The second kappa shape index (κ2) is 8.90. The summed E-state index contributed by atoms with van der Waals surface area (Å²) in [6.07, 6.45) is 5.06. The lowest BCUT2D eigenvalue weighted by molar-refractivity contribution is -0.123. The van der Waals surface area contributed by atoms with Crippen LogP contribution in [0.25, 0.3) is 0 Å². The van der Waals surface area contributed by atoms with Gasteiger partial charge >= 0.3 is 0 Å². The molecule has 0 saturated carbocycles. The zero-order valence-electron chi connectivity index (χ0n) is 16.4. The van der Waals surface area contributed by atoms with Crippen molar-refractivity contribution in [1.29, 1.82) is 0 Å². The molecule has 0 fully saturated rings. The predicted molar refractivity (Wildman–Crippen MR) is 113 cm³/mol. The first kappa shape index (κ1) is 22.1. The largest absolute Gasteiger partial charge is 0.326 e. The van der Waals surface area contributed by atoms with E-state index in [0.717, 1.165) is 0 Å². The summed E-state index contributed by atoms with van der Waals surface area (Å²) in [5.41, 5.74) is 0.791. The van der Waals surface area contributed by atoms with Crippen molar-refractivity contribution >= 4 is 33.2 Å². The minimum atomic E-state index is -3.72. The van der Waals surface area contributed by atoms with Gasteiger partial charge in [-0.25, -0.2) is 8.42 Å². The van der Waals surface area contributed by atoms with Crippen LogP contribution < -0.4 is 15.4 Å². The Morgan fingerprint density at radius 3 is 2.14 bits per heavy atom. The van der Waals surface area contributed by atoms with Crippen molar-refractivity contribution < 1.29 is 18.0 Å². The van der Waals surface area contributed by atoms with Gasteiger partial charge in [-0.2, -0.15) is 4.72 Å². The number of anilines is 2. The molecule has 0 bridgehead atoms. The van der Waals surface area contributed by atoms with Gasteiger partial charge in [0.1, 0.15) is 0 Å². The maximum absolute atomic E-state index is 12.4. The molecule has 2 rings (SSSR count). The molecule has 0 saturated heterocycles. The van der Waals surface area contributed by atoms with Gasteiger partial charge in [0.05, 0.1) is 11.4 Å². The number of nitrogens with one attached hydrogen (secondary N) is 3. The Morgan fingerprint density at radius 1 is 1.00 bits per heavy atom. The summed E-state index contributed by atoms with van der Waals surface area (Å²) in [5, 5.41) is 5.52. The number of hydrogen-bond donors (Lipinski definition) is 3. The zero-order valence-corrected chi connectivity index (χ0v) is 17.3. The molecule has 0 aromatic heterocycles. The normalized spacial score (nSPS) is 11.4. The van der Waals surface area contributed by atoms with Crippen LogP contribution >= 0.6 is 0 Å². The van der Waals surface area contributed by atoms with E-state index in [1.807, 2.05) is 0 Å². The molecule has 3 N–H and O–H groups in total. The molecule has 0 unspecified atom stereocenters. The number of carbonyl (C=O) groups excluding carboxylic acids is 2. The number of benzene rings is 2. The van der Waals surface area contributed by atoms with Gasteiger partial charge in [-0.3, -0.25) is 9.59 Å². The number of amides is 2. The van der Waals surface area contributed by atoms with E-state index in [4.69, 9.17) is 6.42 Å². The summed E-state index contributed by atoms with van der Waals surface area (Å²) in [5.74, 6) is 1.64. The molecular formula is C21H23N3O4S. The SMILES string of the molecule is C#CCNS(=O)(=O)c1ccc(C(=O)Nc2cccc(NC(=O)C(C)(C)C)c2)cc1. The topological polar surface area (TPSA) is 104 Å². The van der Waals surface area contributed by atoms with Gasteiger partial charge in [-0.1, -0.05) is 32.8 Å². The predicted octanol–water partition coefficient (Wildman–Crippen LogP) is 2.84. The van der Waals surface area contributed by atoms with E-state index >= 15 is 0 Å². The lowest BCUT2D eigenvalue weighted by atomic mass is 9.95.